The van der Waals surface area contributed by atoms with Crippen LogP contribution in [0, 0.1) is 0 Å². The Morgan fingerprint density at radius 3 is 2.89 bits per heavy atom. The van der Waals surface area contributed by atoms with Gasteiger partial charge in [-0.15, -0.1) is 0 Å². The molecular formula is C21H23N2O5+. The number of aliphatic hydroxyl groups excluding tert-OH is 1. The molecule has 0 saturated carbocycles. The third-order valence-corrected chi connectivity index (χ3v) is 5.33. The molecule has 2 aliphatic heterocycles. The van der Waals surface area contributed by atoms with E-state index in [9.17, 15) is 14.7 Å². The van der Waals surface area contributed by atoms with E-state index in [4.69, 9.17) is 9.47 Å². The third kappa shape index (κ3) is 3.39. The fraction of sp³-hybridized carbons (Fsp3) is 0.381. The van der Waals surface area contributed by atoms with Crippen LogP contribution in [0.3, 0.4) is 0 Å². The molecular weight excluding hydrogens is 360 g/mol. The van der Waals surface area contributed by atoms with Crippen molar-refractivity contribution in [3.63, 3.8) is 0 Å². The summed E-state index contributed by atoms with van der Waals surface area (Å²) in [5, 5.41) is 9.26. The average Bonchev–Trinajstić information content (AvgIpc) is 3.39. The number of carbonyl (C=O) groups excluding carboxylic acids is 2. The standard InChI is InChI=1S/C21H23N2O5/c1-27-21(26)15-4-6-18-14(11-15)8-10-23(18)20(25)16-3-2-9-22(12-16)19-7-5-17(13-24)28-19/h2-4,6,9,11-12,17,19,24H,5,7-8,10,13H2,1H3/q+1. The maximum atomic E-state index is 13.1. The molecule has 1 aromatic carbocycles. The van der Waals surface area contributed by atoms with Gasteiger partial charge in [-0.25, -0.2) is 4.79 Å². The van der Waals surface area contributed by atoms with Gasteiger partial charge in [0.25, 0.3) is 12.1 Å². The highest BCUT2D eigenvalue weighted by molar-refractivity contribution is 6.07. The fourth-order valence-corrected chi connectivity index (χ4v) is 3.85. The maximum Gasteiger partial charge on any atom is 0.337 e. The molecule has 28 heavy (non-hydrogen) atoms. The molecule has 1 saturated heterocycles. The van der Waals surface area contributed by atoms with Gasteiger partial charge in [-0.05, 0) is 42.7 Å². The lowest BCUT2D eigenvalue weighted by Gasteiger charge is -2.17. The zero-order chi connectivity index (χ0) is 19.7. The predicted octanol–water partition coefficient (Wildman–Crippen LogP) is 1.63. The predicted molar refractivity (Wildman–Crippen MR) is 100 cm³/mol. The number of anilines is 1. The van der Waals surface area contributed by atoms with Crippen LogP contribution in [0.5, 0.6) is 0 Å². The highest BCUT2D eigenvalue weighted by Gasteiger charge is 2.33. The zero-order valence-corrected chi connectivity index (χ0v) is 15.7. The second-order valence-electron chi connectivity index (χ2n) is 7.05. The summed E-state index contributed by atoms with van der Waals surface area (Å²) in [5.41, 5.74) is 2.85. The summed E-state index contributed by atoms with van der Waals surface area (Å²) in [7, 11) is 1.35. The summed E-state index contributed by atoms with van der Waals surface area (Å²) < 4.78 is 12.5. The number of nitrogens with zero attached hydrogens (tertiary/aromatic N) is 2. The van der Waals surface area contributed by atoms with Gasteiger partial charge in [0.2, 0.25) is 0 Å². The van der Waals surface area contributed by atoms with Crippen molar-refractivity contribution in [1.82, 2.24) is 0 Å². The van der Waals surface area contributed by atoms with E-state index < -0.39 is 0 Å². The van der Waals surface area contributed by atoms with Crippen molar-refractivity contribution in [3.8, 4) is 0 Å². The molecule has 0 bridgehead atoms. The summed E-state index contributed by atoms with van der Waals surface area (Å²) in [6.45, 7) is 0.577. The zero-order valence-electron chi connectivity index (χ0n) is 15.7. The van der Waals surface area contributed by atoms with Gasteiger partial charge in [-0.2, -0.15) is 4.57 Å². The monoisotopic (exact) mass is 383 g/mol. The van der Waals surface area contributed by atoms with Crippen LogP contribution in [-0.4, -0.2) is 43.3 Å². The third-order valence-electron chi connectivity index (χ3n) is 5.33. The van der Waals surface area contributed by atoms with Crippen LogP contribution in [-0.2, 0) is 15.9 Å². The summed E-state index contributed by atoms with van der Waals surface area (Å²) in [4.78, 5) is 26.6. The van der Waals surface area contributed by atoms with Gasteiger partial charge >= 0.3 is 5.97 Å². The number of rotatable bonds is 4. The van der Waals surface area contributed by atoms with Crippen LogP contribution in [0.1, 0.15) is 45.3 Å². The Balaban J connectivity index is 1.55. The number of ether oxygens (including phenoxy) is 2. The molecule has 2 atom stereocenters. The highest BCUT2D eigenvalue weighted by atomic mass is 16.5. The van der Waals surface area contributed by atoms with Crippen LogP contribution in [0.15, 0.2) is 42.7 Å². The number of fused-ring (bicyclic) bond motifs is 1. The van der Waals surface area contributed by atoms with Crippen molar-refractivity contribution in [2.45, 2.75) is 31.6 Å². The first-order valence-electron chi connectivity index (χ1n) is 9.41. The minimum atomic E-state index is -0.380. The number of amides is 1. The van der Waals surface area contributed by atoms with E-state index in [1.165, 1.54) is 7.11 Å². The van der Waals surface area contributed by atoms with E-state index in [0.717, 1.165) is 24.1 Å². The van der Waals surface area contributed by atoms with Crippen LogP contribution in [0.4, 0.5) is 5.69 Å². The fourth-order valence-electron chi connectivity index (χ4n) is 3.85. The Bertz CT molecular complexity index is 913. The topological polar surface area (TPSA) is 80.0 Å². The van der Waals surface area contributed by atoms with Crippen LogP contribution >= 0.6 is 0 Å². The highest BCUT2D eigenvalue weighted by Crippen LogP contribution is 2.30. The minimum Gasteiger partial charge on any atom is -0.465 e. The van der Waals surface area contributed by atoms with Crippen molar-refractivity contribution in [1.29, 1.82) is 0 Å². The molecule has 7 nitrogen and oxygen atoms in total. The Morgan fingerprint density at radius 2 is 2.14 bits per heavy atom. The molecule has 7 heteroatoms. The SMILES string of the molecule is COC(=O)c1ccc2c(c1)CCN2C(=O)c1ccc[n+](C2CCC(CO)O2)c1. The van der Waals surface area contributed by atoms with E-state index in [1.54, 1.807) is 35.4 Å². The van der Waals surface area contributed by atoms with Crippen molar-refractivity contribution >= 4 is 17.6 Å². The molecule has 0 radical (unpaired) electrons. The summed E-state index contributed by atoms with van der Waals surface area (Å²) in [5.74, 6) is -0.468. The lowest BCUT2D eigenvalue weighted by atomic mass is 10.1. The lowest BCUT2D eigenvalue weighted by Crippen LogP contribution is -2.41. The van der Waals surface area contributed by atoms with E-state index in [0.29, 0.717) is 24.1 Å². The van der Waals surface area contributed by atoms with E-state index in [1.807, 2.05) is 16.8 Å². The molecule has 2 aliphatic rings. The smallest absolute Gasteiger partial charge is 0.337 e. The molecule has 3 heterocycles. The summed E-state index contributed by atoms with van der Waals surface area (Å²) in [6.07, 6.45) is 5.66. The number of carbonyl (C=O) groups is 2. The van der Waals surface area contributed by atoms with Gasteiger partial charge in [0.1, 0.15) is 5.56 Å². The molecule has 4 rings (SSSR count). The molecule has 2 aromatic rings. The normalized spacial score (nSPS) is 20.9. The first kappa shape index (κ1) is 18.6. The minimum absolute atomic E-state index is 0.00774. The van der Waals surface area contributed by atoms with Crippen molar-refractivity contribution in [3.05, 3.63) is 59.4 Å². The van der Waals surface area contributed by atoms with E-state index in [-0.39, 0.29) is 30.8 Å². The summed E-state index contributed by atoms with van der Waals surface area (Å²) in [6, 6.07) is 8.90. The van der Waals surface area contributed by atoms with Gasteiger partial charge in [-0.3, -0.25) is 4.79 Å². The molecule has 0 aliphatic carbocycles. The quantitative estimate of drug-likeness (QED) is 0.641. The number of aliphatic hydroxyl groups is 1. The molecule has 1 amide bonds. The van der Waals surface area contributed by atoms with Crippen LogP contribution < -0.4 is 9.47 Å². The number of aromatic nitrogens is 1. The van der Waals surface area contributed by atoms with Crippen molar-refractivity contribution in [2.24, 2.45) is 0 Å². The summed E-state index contributed by atoms with van der Waals surface area (Å²) >= 11 is 0. The molecule has 0 spiro atoms. The Kier molecular flexibility index (Phi) is 5.11. The Labute approximate surface area is 163 Å². The number of benzene rings is 1. The molecule has 146 valence electrons. The van der Waals surface area contributed by atoms with Crippen molar-refractivity contribution < 1.29 is 28.7 Å². The van der Waals surface area contributed by atoms with Gasteiger partial charge in [0, 0.05) is 24.7 Å². The molecule has 2 unspecified atom stereocenters. The number of methoxy groups -OCH3 is 1. The molecule has 1 aromatic heterocycles. The van der Waals surface area contributed by atoms with Crippen LogP contribution in [0.25, 0.3) is 0 Å². The first-order chi connectivity index (χ1) is 13.6. The first-order valence-corrected chi connectivity index (χ1v) is 9.41. The molecule has 1 fully saturated rings. The second-order valence-corrected chi connectivity index (χ2v) is 7.05. The van der Waals surface area contributed by atoms with Gasteiger partial charge in [-0.1, -0.05) is 0 Å². The number of hydrogen-bond donors (Lipinski definition) is 1. The lowest BCUT2D eigenvalue weighted by molar-refractivity contribution is -0.759. The largest absolute Gasteiger partial charge is 0.465 e. The number of esters is 1. The van der Waals surface area contributed by atoms with Gasteiger partial charge < -0.3 is 19.5 Å². The van der Waals surface area contributed by atoms with E-state index in [2.05, 4.69) is 0 Å². The maximum absolute atomic E-state index is 13.1. The Morgan fingerprint density at radius 1 is 1.29 bits per heavy atom. The average molecular weight is 383 g/mol. The number of pyridine rings is 1. The van der Waals surface area contributed by atoms with Crippen LogP contribution in [0.2, 0.25) is 0 Å². The van der Waals surface area contributed by atoms with E-state index >= 15 is 0 Å². The van der Waals surface area contributed by atoms with Crippen molar-refractivity contribution in [2.75, 3.05) is 25.2 Å². The van der Waals surface area contributed by atoms with Gasteiger partial charge in [0.05, 0.1) is 25.4 Å². The number of hydrogen-bond acceptors (Lipinski definition) is 5. The Hall–Kier alpha value is -2.77. The van der Waals surface area contributed by atoms with Gasteiger partial charge in [0.15, 0.2) is 12.4 Å². The second kappa shape index (κ2) is 7.69. The molecule has 1 N–H and O–H groups in total.